The number of aromatic hydroxyl groups is 1. The first-order chi connectivity index (χ1) is 7.83. The molecule has 2 heterocycles. The average molecular weight is 218 g/mol. The lowest BCUT2D eigenvalue weighted by Gasteiger charge is -2.19. The molecule has 1 aromatic heterocycles. The van der Waals surface area contributed by atoms with Gasteiger partial charge in [-0.3, -0.25) is 0 Å². The maximum absolute atomic E-state index is 9.38. The van der Waals surface area contributed by atoms with E-state index in [-0.39, 0.29) is 5.75 Å². The van der Waals surface area contributed by atoms with Gasteiger partial charge in [-0.05, 0) is 25.0 Å². The second kappa shape index (κ2) is 3.79. The minimum Gasteiger partial charge on any atom is -0.508 e. The molecular formula is C12H14N2O2. The summed E-state index contributed by atoms with van der Waals surface area (Å²) >= 11 is 0. The first-order valence-corrected chi connectivity index (χ1v) is 5.59. The van der Waals surface area contributed by atoms with E-state index >= 15 is 0 Å². The molecule has 2 aromatic rings. The summed E-state index contributed by atoms with van der Waals surface area (Å²) in [6.07, 6.45) is 2.21. The number of hydrogen-bond donors (Lipinski definition) is 2. The summed E-state index contributed by atoms with van der Waals surface area (Å²) in [5, 5.41) is 9.38. The molecule has 1 fully saturated rings. The summed E-state index contributed by atoms with van der Waals surface area (Å²) in [6.45, 7) is 1.60. The van der Waals surface area contributed by atoms with Gasteiger partial charge in [0.15, 0.2) is 0 Å². The van der Waals surface area contributed by atoms with Crippen LogP contribution in [-0.2, 0) is 4.74 Å². The van der Waals surface area contributed by atoms with Crippen LogP contribution in [0.5, 0.6) is 5.75 Å². The Kier molecular flexibility index (Phi) is 2.29. The maximum Gasteiger partial charge on any atom is 0.117 e. The summed E-state index contributed by atoms with van der Waals surface area (Å²) < 4.78 is 5.45. The summed E-state index contributed by atoms with van der Waals surface area (Å²) in [5.41, 5.74) is 1.79. The molecule has 1 aromatic carbocycles. The molecule has 0 bridgehead atoms. The Labute approximate surface area is 93.3 Å². The zero-order valence-corrected chi connectivity index (χ0v) is 8.94. The molecule has 0 aliphatic carbocycles. The van der Waals surface area contributed by atoms with Crippen molar-refractivity contribution in [3.05, 3.63) is 24.0 Å². The van der Waals surface area contributed by atoms with Crippen molar-refractivity contribution in [1.82, 2.24) is 9.97 Å². The van der Waals surface area contributed by atoms with Crippen molar-refractivity contribution in [1.29, 1.82) is 0 Å². The molecule has 1 aliphatic rings. The standard InChI is InChI=1S/C12H14N2O2/c15-9-3-4-10-11(6-9)14-12(13-10)8-2-1-5-16-7-8/h3-4,6,8,15H,1-2,5,7H2,(H,13,14). The number of hydrogen-bond acceptors (Lipinski definition) is 3. The van der Waals surface area contributed by atoms with E-state index in [1.807, 2.05) is 6.07 Å². The van der Waals surface area contributed by atoms with E-state index in [0.717, 1.165) is 42.9 Å². The van der Waals surface area contributed by atoms with Crippen molar-refractivity contribution in [3.63, 3.8) is 0 Å². The Morgan fingerprint density at radius 2 is 2.38 bits per heavy atom. The van der Waals surface area contributed by atoms with Crippen LogP contribution < -0.4 is 0 Å². The van der Waals surface area contributed by atoms with Crippen molar-refractivity contribution < 1.29 is 9.84 Å². The molecule has 1 atom stereocenters. The molecule has 0 radical (unpaired) electrons. The Hall–Kier alpha value is -1.55. The largest absolute Gasteiger partial charge is 0.508 e. The third-order valence-corrected chi connectivity index (χ3v) is 3.03. The maximum atomic E-state index is 9.38. The van der Waals surface area contributed by atoms with Gasteiger partial charge in [0, 0.05) is 18.6 Å². The summed E-state index contributed by atoms with van der Waals surface area (Å²) in [6, 6.07) is 5.19. The molecule has 84 valence electrons. The van der Waals surface area contributed by atoms with Crippen molar-refractivity contribution >= 4 is 11.0 Å². The van der Waals surface area contributed by atoms with Gasteiger partial charge >= 0.3 is 0 Å². The predicted octanol–water partition coefficient (Wildman–Crippen LogP) is 2.16. The van der Waals surface area contributed by atoms with E-state index in [4.69, 9.17) is 4.74 Å². The number of phenolic OH excluding ortho intramolecular Hbond substituents is 1. The molecule has 1 unspecified atom stereocenters. The molecule has 1 saturated heterocycles. The second-order valence-corrected chi connectivity index (χ2v) is 4.24. The topological polar surface area (TPSA) is 58.1 Å². The van der Waals surface area contributed by atoms with Crippen molar-refractivity contribution in [3.8, 4) is 5.75 Å². The van der Waals surface area contributed by atoms with Gasteiger partial charge in [0.2, 0.25) is 0 Å². The third-order valence-electron chi connectivity index (χ3n) is 3.03. The molecule has 2 N–H and O–H groups in total. The molecule has 1 aliphatic heterocycles. The number of rotatable bonds is 1. The minimum atomic E-state index is 0.266. The summed E-state index contributed by atoms with van der Waals surface area (Å²) in [4.78, 5) is 7.79. The first-order valence-electron chi connectivity index (χ1n) is 5.59. The van der Waals surface area contributed by atoms with Gasteiger partial charge in [-0.15, -0.1) is 0 Å². The van der Waals surface area contributed by atoms with E-state index < -0.39 is 0 Å². The van der Waals surface area contributed by atoms with Crippen LogP contribution in [0.3, 0.4) is 0 Å². The van der Waals surface area contributed by atoms with Crippen LogP contribution in [-0.4, -0.2) is 28.3 Å². The number of nitrogens with one attached hydrogen (secondary N) is 1. The van der Waals surface area contributed by atoms with Crippen LogP contribution in [0.4, 0.5) is 0 Å². The minimum absolute atomic E-state index is 0.266. The van der Waals surface area contributed by atoms with Crippen LogP contribution in [0, 0.1) is 0 Å². The SMILES string of the molecule is Oc1ccc2nc(C3CCCOC3)[nH]c2c1. The number of nitrogens with zero attached hydrogens (tertiary/aromatic N) is 1. The highest BCUT2D eigenvalue weighted by Crippen LogP contribution is 2.26. The number of benzene rings is 1. The smallest absolute Gasteiger partial charge is 0.117 e. The number of phenols is 1. The predicted molar refractivity (Wildman–Crippen MR) is 60.6 cm³/mol. The van der Waals surface area contributed by atoms with E-state index in [9.17, 15) is 5.11 Å². The van der Waals surface area contributed by atoms with Gasteiger partial charge in [-0.25, -0.2) is 4.98 Å². The van der Waals surface area contributed by atoms with E-state index in [2.05, 4.69) is 9.97 Å². The Morgan fingerprint density at radius 3 is 3.19 bits per heavy atom. The van der Waals surface area contributed by atoms with Gasteiger partial charge in [0.05, 0.1) is 17.6 Å². The summed E-state index contributed by atoms with van der Waals surface area (Å²) in [7, 11) is 0. The number of aromatic amines is 1. The fourth-order valence-electron chi connectivity index (χ4n) is 2.17. The van der Waals surface area contributed by atoms with Gasteiger partial charge in [0.1, 0.15) is 11.6 Å². The monoisotopic (exact) mass is 218 g/mol. The normalized spacial score (nSPS) is 21.4. The fraction of sp³-hybridized carbons (Fsp3) is 0.417. The molecule has 16 heavy (non-hydrogen) atoms. The van der Waals surface area contributed by atoms with Crippen molar-refractivity contribution in [2.75, 3.05) is 13.2 Å². The fourth-order valence-corrected chi connectivity index (χ4v) is 2.17. The quantitative estimate of drug-likeness (QED) is 0.771. The van der Waals surface area contributed by atoms with Crippen LogP contribution >= 0.6 is 0 Å². The molecule has 3 rings (SSSR count). The Balaban J connectivity index is 1.97. The highest BCUT2D eigenvalue weighted by atomic mass is 16.5. The lowest BCUT2D eigenvalue weighted by Crippen LogP contribution is -2.16. The number of ether oxygens (including phenoxy) is 1. The highest BCUT2D eigenvalue weighted by molar-refractivity contribution is 5.76. The lowest BCUT2D eigenvalue weighted by molar-refractivity contribution is 0.0784. The van der Waals surface area contributed by atoms with E-state index in [0.29, 0.717) is 5.92 Å². The van der Waals surface area contributed by atoms with Crippen LogP contribution in [0.15, 0.2) is 18.2 Å². The van der Waals surface area contributed by atoms with E-state index in [1.165, 1.54) is 0 Å². The molecule has 0 spiro atoms. The third kappa shape index (κ3) is 1.65. The second-order valence-electron chi connectivity index (χ2n) is 4.24. The molecule has 4 heteroatoms. The number of aromatic nitrogens is 2. The Morgan fingerprint density at radius 1 is 1.44 bits per heavy atom. The average Bonchev–Trinajstić information content (AvgIpc) is 2.73. The van der Waals surface area contributed by atoms with Crippen LogP contribution in [0.1, 0.15) is 24.6 Å². The van der Waals surface area contributed by atoms with Crippen LogP contribution in [0.2, 0.25) is 0 Å². The van der Waals surface area contributed by atoms with Crippen molar-refractivity contribution in [2.45, 2.75) is 18.8 Å². The number of imidazole rings is 1. The number of fused-ring (bicyclic) bond motifs is 1. The zero-order valence-electron chi connectivity index (χ0n) is 8.94. The zero-order chi connectivity index (χ0) is 11.0. The van der Waals surface area contributed by atoms with Gasteiger partial charge in [-0.2, -0.15) is 0 Å². The summed E-state index contributed by atoms with van der Waals surface area (Å²) in [5.74, 6) is 1.60. The highest BCUT2D eigenvalue weighted by Gasteiger charge is 2.19. The van der Waals surface area contributed by atoms with E-state index in [1.54, 1.807) is 12.1 Å². The van der Waals surface area contributed by atoms with Crippen LogP contribution in [0.25, 0.3) is 11.0 Å². The first kappa shape index (κ1) is 9.66. The molecule has 0 saturated carbocycles. The van der Waals surface area contributed by atoms with Gasteiger partial charge in [-0.1, -0.05) is 0 Å². The molecule has 0 amide bonds. The Bertz CT molecular complexity index is 501. The van der Waals surface area contributed by atoms with Gasteiger partial charge < -0.3 is 14.8 Å². The van der Waals surface area contributed by atoms with Gasteiger partial charge in [0.25, 0.3) is 0 Å². The lowest BCUT2D eigenvalue weighted by atomic mass is 10.0. The number of H-pyrrole nitrogens is 1. The molecular weight excluding hydrogens is 204 g/mol. The molecule has 4 nitrogen and oxygen atoms in total. The van der Waals surface area contributed by atoms with Crippen molar-refractivity contribution in [2.24, 2.45) is 0 Å².